The van der Waals surface area contributed by atoms with Gasteiger partial charge in [0, 0.05) is 21.2 Å². The Balaban J connectivity index is 2.12. The van der Waals surface area contributed by atoms with Crippen LogP contribution in [0.25, 0.3) is 11.3 Å². The van der Waals surface area contributed by atoms with Crippen molar-refractivity contribution in [1.82, 2.24) is 4.98 Å². The van der Waals surface area contributed by atoms with Crippen LogP contribution in [0, 0.1) is 0 Å². The van der Waals surface area contributed by atoms with E-state index in [0.29, 0.717) is 21.3 Å². The summed E-state index contributed by atoms with van der Waals surface area (Å²) < 4.78 is 0. The molecule has 5 heteroatoms. The van der Waals surface area contributed by atoms with Crippen LogP contribution in [0.2, 0.25) is 10.0 Å². The number of nitrogens with zero attached hydrogens (tertiary/aromatic N) is 1. The van der Waals surface area contributed by atoms with Gasteiger partial charge in [-0.05, 0) is 36.2 Å². The van der Waals surface area contributed by atoms with Crippen molar-refractivity contribution in [3.05, 3.63) is 87.5 Å². The van der Waals surface area contributed by atoms with Crippen LogP contribution in [0.1, 0.15) is 36.1 Å². The monoisotopic (exact) mass is 398 g/mol. The van der Waals surface area contributed by atoms with Gasteiger partial charge in [-0.2, -0.15) is 0 Å². The van der Waals surface area contributed by atoms with Crippen molar-refractivity contribution in [2.45, 2.75) is 25.7 Å². The van der Waals surface area contributed by atoms with Gasteiger partial charge in [-0.15, -0.1) is 0 Å². The van der Waals surface area contributed by atoms with E-state index < -0.39 is 11.8 Å². The Morgan fingerprint density at radius 3 is 2.33 bits per heavy atom. The first kappa shape index (κ1) is 19.4. The molecule has 0 aliphatic heterocycles. The molecule has 0 fully saturated rings. The first-order valence-corrected chi connectivity index (χ1v) is 9.57. The third-order valence-corrected chi connectivity index (χ3v) is 5.11. The first-order chi connectivity index (χ1) is 13.0. The lowest BCUT2D eigenvalue weighted by Gasteiger charge is -2.18. The second-order valence-corrected chi connectivity index (χ2v) is 7.14. The molecule has 0 saturated heterocycles. The van der Waals surface area contributed by atoms with Crippen LogP contribution in [0.15, 0.2) is 60.7 Å². The van der Waals surface area contributed by atoms with E-state index in [2.05, 4.69) is 13.0 Å². The molecular formula is C22H20Cl2N2O. The van der Waals surface area contributed by atoms with E-state index in [1.807, 2.05) is 30.3 Å². The molecule has 0 spiro atoms. The van der Waals surface area contributed by atoms with Gasteiger partial charge < -0.3 is 5.73 Å². The van der Waals surface area contributed by atoms with Crippen LogP contribution in [-0.2, 0) is 11.2 Å². The highest BCUT2D eigenvalue weighted by molar-refractivity contribution is 6.36. The van der Waals surface area contributed by atoms with E-state index in [-0.39, 0.29) is 0 Å². The molecule has 1 unspecified atom stereocenters. The maximum atomic E-state index is 12.3. The third kappa shape index (κ3) is 4.15. The number of carbonyl (C=O) groups excluding carboxylic acids is 1. The largest absolute Gasteiger partial charge is 0.369 e. The van der Waals surface area contributed by atoms with E-state index in [1.54, 1.807) is 24.3 Å². The lowest BCUT2D eigenvalue weighted by atomic mass is 9.93. The van der Waals surface area contributed by atoms with Gasteiger partial charge in [0.25, 0.3) is 0 Å². The number of aromatic nitrogens is 1. The fourth-order valence-corrected chi connectivity index (χ4v) is 3.86. The fourth-order valence-electron chi connectivity index (χ4n) is 3.24. The molecule has 3 nitrogen and oxygen atoms in total. The summed E-state index contributed by atoms with van der Waals surface area (Å²) in [5.41, 5.74) is 9.79. The number of rotatable bonds is 6. The normalized spacial score (nSPS) is 12.0. The molecule has 0 bridgehead atoms. The van der Waals surface area contributed by atoms with E-state index in [1.165, 1.54) is 5.56 Å². The second-order valence-electron chi connectivity index (χ2n) is 6.33. The number of primary amides is 1. The Morgan fingerprint density at radius 1 is 1.00 bits per heavy atom. The van der Waals surface area contributed by atoms with Crippen molar-refractivity contribution in [3.63, 3.8) is 0 Å². The standard InChI is InChI=1S/C22H20Cl2N2O/c1-2-7-14-8-3-4-9-15(14)18-12-6-13-19(26-18)21(22(25)27)20-16(23)10-5-11-17(20)24/h3-6,8-13,21H,2,7H2,1H3,(H2,25,27). The van der Waals surface area contributed by atoms with Crippen LogP contribution < -0.4 is 5.73 Å². The number of carbonyl (C=O) groups is 1. The highest BCUT2D eigenvalue weighted by Crippen LogP contribution is 2.35. The predicted molar refractivity (Wildman–Crippen MR) is 111 cm³/mol. The molecule has 1 heterocycles. The van der Waals surface area contributed by atoms with Crippen molar-refractivity contribution in [2.75, 3.05) is 0 Å². The number of halogens is 2. The topological polar surface area (TPSA) is 56.0 Å². The van der Waals surface area contributed by atoms with E-state index >= 15 is 0 Å². The number of amides is 1. The molecule has 3 rings (SSSR count). The van der Waals surface area contributed by atoms with Gasteiger partial charge in [-0.3, -0.25) is 9.78 Å². The van der Waals surface area contributed by atoms with E-state index in [9.17, 15) is 4.79 Å². The number of pyridine rings is 1. The maximum Gasteiger partial charge on any atom is 0.231 e. The minimum absolute atomic E-state index is 0.393. The van der Waals surface area contributed by atoms with Crippen molar-refractivity contribution in [3.8, 4) is 11.3 Å². The van der Waals surface area contributed by atoms with Crippen molar-refractivity contribution in [2.24, 2.45) is 5.73 Å². The Kier molecular flexibility index (Phi) is 6.15. The number of nitrogens with two attached hydrogens (primary N) is 1. The average Bonchev–Trinajstić information content (AvgIpc) is 2.65. The molecule has 2 aromatic carbocycles. The Morgan fingerprint density at radius 2 is 1.67 bits per heavy atom. The summed E-state index contributed by atoms with van der Waals surface area (Å²) in [7, 11) is 0. The molecule has 27 heavy (non-hydrogen) atoms. The summed E-state index contributed by atoms with van der Waals surface area (Å²) in [5, 5.41) is 0.787. The molecule has 0 aliphatic carbocycles. The average molecular weight is 399 g/mol. The van der Waals surface area contributed by atoms with Gasteiger partial charge >= 0.3 is 0 Å². The summed E-state index contributed by atoms with van der Waals surface area (Å²) in [5.74, 6) is -1.36. The summed E-state index contributed by atoms with van der Waals surface area (Å²) in [6, 6.07) is 18.9. The van der Waals surface area contributed by atoms with Crippen molar-refractivity contribution >= 4 is 29.1 Å². The highest BCUT2D eigenvalue weighted by Gasteiger charge is 2.27. The highest BCUT2D eigenvalue weighted by atomic mass is 35.5. The zero-order valence-corrected chi connectivity index (χ0v) is 16.5. The van der Waals surface area contributed by atoms with Gasteiger partial charge in [-0.1, -0.05) is 72.9 Å². The molecular weight excluding hydrogens is 379 g/mol. The molecule has 0 saturated carbocycles. The summed E-state index contributed by atoms with van der Waals surface area (Å²) in [4.78, 5) is 17.0. The zero-order valence-electron chi connectivity index (χ0n) is 15.0. The smallest absolute Gasteiger partial charge is 0.231 e. The van der Waals surface area contributed by atoms with Gasteiger partial charge in [-0.25, -0.2) is 0 Å². The third-order valence-electron chi connectivity index (χ3n) is 4.45. The number of hydrogen-bond donors (Lipinski definition) is 1. The predicted octanol–water partition coefficient (Wildman–Crippen LogP) is 5.63. The van der Waals surface area contributed by atoms with Crippen LogP contribution >= 0.6 is 23.2 Å². The number of aryl methyl sites for hydroxylation is 1. The Labute approximate surface area is 169 Å². The van der Waals surface area contributed by atoms with E-state index in [4.69, 9.17) is 33.9 Å². The minimum atomic E-state index is -0.815. The van der Waals surface area contributed by atoms with Crippen LogP contribution in [-0.4, -0.2) is 10.9 Å². The molecule has 2 N–H and O–H groups in total. The van der Waals surface area contributed by atoms with Gasteiger partial charge in [0.2, 0.25) is 5.91 Å². The summed E-state index contributed by atoms with van der Waals surface area (Å²) in [6.45, 7) is 2.14. The molecule has 1 aromatic heterocycles. The van der Waals surface area contributed by atoms with Crippen molar-refractivity contribution < 1.29 is 4.79 Å². The van der Waals surface area contributed by atoms with Crippen molar-refractivity contribution in [1.29, 1.82) is 0 Å². The van der Waals surface area contributed by atoms with E-state index in [0.717, 1.165) is 24.1 Å². The molecule has 3 aromatic rings. The number of hydrogen-bond acceptors (Lipinski definition) is 2. The first-order valence-electron chi connectivity index (χ1n) is 8.81. The Bertz CT molecular complexity index is 952. The maximum absolute atomic E-state index is 12.3. The molecule has 1 atom stereocenters. The van der Waals surface area contributed by atoms with Crippen LogP contribution in [0.3, 0.4) is 0 Å². The summed E-state index contributed by atoms with van der Waals surface area (Å²) in [6.07, 6.45) is 1.99. The molecule has 1 amide bonds. The van der Waals surface area contributed by atoms with Crippen LogP contribution in [0.4, 0.5) is 0 Å². The van der Waals surface area contributed by atoms with Crippen LogP contribution in [0.5, 0.6) is 0 Å². The van der Waals surface area contributed by atoms with Gasteiger partial charge in [0.05, 0.1) is 11.4 Å². The molecule has 138 valence electrons. The Hall–Kier alpha value is -2.36. The molecule has 0 aliphatic rings. The minimum Gasteiger partial charge on any atom is -0.369 e. The second kappa shape index (κ2) is 8.55. The summed E-state index contributed by atoms with van der Waals surface area (Å²) >= 11 is 12.6. The lowest BCUT2D eigenvalue weighted by molar-refractivity contribution is -0.118. The molecule has 0 radical (unpaired) electrons. The zero-order chi connectivity index (χ0) is 19.4. The van der Waals surface area contributed by atoms with Gasteiger partial charge in [0.1, 0.15) is 5.92 Å². The quantitative estimate of drug-likeness (QED) is 0.585. The SMILES string of the molecule is CCCc1ccccc1-c1cccc(C(C(N)=O)c2c(Cl)cccc2Cl)n1. The fraction of sp³-hybridized carbons (Fsp3) is 0.182. The lowest BCUT2D eigenvalue weighted by Crippen LogP contribution is -2.24. The number of benzene rings is 2. The van der Waals surface area contributed by atoms with Gasteiger partial charge in [0.15, 0.2) is 0 Å².